The Morgan fingerprint density at radius 1 is 1.06 bits per heavy atom. The first-order chi connectivity index (χ1) is 15.0. The van der Waals surface area contributed by atoms with Gasteiger partial charge in [0.25, 0.3) is 0 Å². The summed E-state index contributed by atoms with van der Waals surface area (Å²) in [5, 5.41) is 2.65. The number of nitrogens with one attached hydrogen (secondary N) is 1. The third-order valence-electron chi connectivity index (χ3n) is 4.94. The molecule has 0 saturated carbocycles. The van der Waals surface area contributed by atoms with Gasteiger partial charge in [0.2, 0.25) is 5.91 Å². The summed E-state index contributed by atoms with van der Waals surface area (Å²) >= 11 is 0. The highest BCUT2D eigenvalue weighted by molar-refractivity contribution is 5.95. The molecule has 1 aliphatic heterocycles. The van der Waals surface area contributed by atoms with Crippen LogP contribution in [-0.2, 0) is 32.2 Å². The minimum absolute atomic E-state index is 0.0973. The molecule has 1 unspecified atom stereocenters. The van der Waals surface area contributed by atoms with Crippen molar-refractivity contribution in [1.82, 2.24) is 4.90 Å². The number of rotatable bonds is 8. The lowest BCUT2D eigenvalue weighted by atomic mass is 10.00. The minimum Gasteiger partial charge on any atom is -0.494 e. The van der Waals surface area contributed by atoms with E-state index in [1.165, 1.54) is 26.2 Å². The molecule has 2 aromatic carbocycles. The second-order valence-electron chi connectivity index (χ2n) is 6.79. The Bertz CT molecular complexity index is 962. The Balaban J connectivity index is 1.78. The average molecular weight is 428 g/mol. The molecule has 0 aliphatic carbocycles. The van der Waals surface area contributed by atoms with Crippen LogP contribution < -0.4 is 14.8 Å². The fourth-order valence-electron chi connectivity index (χ4n) is 3.30. The van der Waals surface area contributed by atoms with Crippen LogP contribution in [0.5, 0.6) is 11.5 Å². The molecule has 1 saturated heterocycles. The summed E-state index contributed by atoms with van der Waals surface area (Å²) in [7, 11) is 4.18. The number of esters is 1. The van der Waals surface area contributed by atoms with Crippen LogP contribution in [0.1, 0.15) is 17.5 Å². The van der Waals surface area contributed by atoms with Gasteiger partial charge in [-0.3, -0.25) is 10.1 Å². The Morgan fingerprint density at radius 2 is 1.81 bits per heavy atom. The number of β-lactam (4-membered cyclic amide) rings is 1. The molecule has 2 aromatic rings. The SMILES string of the molecule is COC(=O)C1CC(=O)N1Cc1ccc(OC)c(NC(=O)OCc2ccccc2)c1OC. The standard InChI is InChI=1S/C22H24N2O7/c1-28-17-10-9-15(12-24-16(11-18(24)25)21(26)30-3)20(29-2)19(17)23-22(27)31-13-14-7-5-4-6-8-14/h4-10,16H,11-13H2,1-3H3,(H,23,27). The number of nitrogens with zero attached hydrogens (tertiary/aromatic N) is 1. The number of ether oxygens (including phenoxy) is 4. The Morgan fingerprint density at radius 3 is 2.42 bits per heavy atom. The van der Waals surface area contributed by atoms with Gasteiger partial charge in [0.1, 0.15) is 24.1 Å². The molecule has 31 heavy (non-hydrogen) atoms. The van der Waals surface area contributed by atoms with Gasteiger partial charge in [-0.1, -0.05) is 30.3 Å². The van der Waals surface area contributed by atoms with Crippen molar-refractivity contribution in [2.75, 3.05) is 26.6 Å². The van der Waals surface area contributed by atoms with E-state index in [9.17, 15) is 14.4 Å². The van der Waals surface area contributed by atoms with Crippen LogP contribution in [0.4, 0.5) is 10.5 Å². The lowest BCUT2D eigenvalue weighted by molar-refractivity contribution is -0.165. The van der Waals surface area contributed by atoms with Gasteiger partial charge < -0.3 is 23.8 Å². The maximum atomic E-state index is 12.4. The van der Waals surface area contributed by atoms with Gasteiger partial charge in [0.05, 0.1) is 34.3 Å². The summed E-state index contributed by atoms with van der Waals surface area (Å²) in [5.74, 6) is 0.0102. The summed E-state index contributed by atoms with van der Waals surface area (Å²) in [6.07, 6.45) is -0.590. The molecular weight excluding hydrogens is 404 g/mol. The maximum Gasteiger partial charge on any atom is 0.412 e. The highest BCUT2D eigenvalue weighted by Crippen LogP contribution is 2.39. The van der Waals surface area contributed by atoms with Crippen LogP contribution in [0.3, 0.4) is 0 Å². The van der Waals surface area contributed by atoms with Crippen molar-refractivity contribution in [1.29, 1.82) is 0 Å². The normalized spacial score (nSPS) is 15.0. The van der Waals surface area contributed by atoms with Gasteiger partial charge in [-0.2, -0.15) is 0 Å². The molecule has 9 heteroatoms. The number of hydrogen-bond donors (Lipinski definition) is 1. The molecule has 1 fully saturated rings. The molecule has 164 valence electrons. The molecule has 0 spiro atoms. The Labute approximate surface area is 179 Å². The molecule has 9 nitrogen and oxygen atoms in total. The Hall–Kier alpha value is -3.75. The third kappa shape index (κ3) is 4.88. The third-order valence-corrected chi connectivity index (χ3v) is 4.94. The number of benzene rings is 2. The van der Waals surface area contributed by atoms with Crippen molar-refractivity contribution >= 4 is 23.7 Å². The lowest BCUT2D eigenvalue weighted by Gasteiger charge is -2.38. The topological polar surface area (TPSA) is 103 Å². The van der Waals surface area contributed by atoms with Crippen LogP contribution in [0.2, 0.25) is 0 Å². The van der Waals surface area contributed by atoms with Crippen LogP contribution in [0.15, 0.2) is 42.5 Å². The quantitative estimate of drug-likeness (QED) is 0.509. The first kappa shape index (κ1) is 21.9. The van der Waals surface area contributed by atoms with Gasteiger partial charge in [-0.05, 0) is 17.7 Å². The zero-order chi connectivity index (χ0) is 22.4. The van der Waals surface area contributed by atoms with Gasteiger partial charge in [-0.15, -0.1) is 0 Å². The average Bonchev–Trinajstić information content (AvgIpc) is 2.79. The van der Waals surface area contributed by atoms with E-state index < -0.39 is 18.1 Å². The molecule has 1 N–H and O–H groups in total. The van der Waals surface area contributed by atoms with E-state index in [-0.39, 0.29) is 31.2 Å². The molecule has 3 rings (SSSR count). The number of methoxy groups -OCH3 is 3. The van der Waals surface area contributed by atoms with E-state index in [1.54, 1.807) is 12.1 Å². The van der Waals surface area contributed by atoms with E-state index in [0.29, 0.717) is 17.1 Å². The molecule has 1 heterocycles. The fraction of sp³-hybridized carbons (Fsp3) is 0.318. The predicted molar refractivity (Wildman–Crippen MR) is 111 cm³/mol. The zero-order valence-corrected chi connectivity index (χ0v) is 17.5. The van der Waals surface area contributed by atoms with E-state index >= 15 is 0 Å². The molecular formula is C22H24N2O7. The van der Waals surface area contributed by atoms with E-state index in [0.717, 1.165) is 5.56 Å². The second-order valence-corrected chi connectivity index (χ2v) is 6.79. The number of likely N-dealkylation sites (tertiary alicyclic amines) is 1. The Kier molecular flexibility index (Phi) is 6.96. The molecule has 1 aliphatic rings. The van der Waals surface area contributed by atoms with Crippen molar-refractivity contribution in [2.45, 2.75) is 25.6 Å². The summed E-state index contributed by atoms with van der Waals surface area (Å²) < 4.78 is 20.9. The predicted octanol–water partition coefficient (Wildman–Crippen LogP) is 2.73. The van der Waals surface area contributed by atoms with Crippen molar-refractivity contribution < 1.29 is 33.3 Å². The molecule has 2 amide bonds. The van der Waals surface area contributed by atoms with E-state index in [1.807, 2.05) is 30.3 Å². The van der Waals surface area contributed by atoms with Crippen LogP contribution >= 0.6 is 0 Å². The first-order valence-corrected chi connectivity index (χ1v) is 9.57. The number of amides is 2. The summed E-state index contributed by atoms with van der Waals surface area (Å²) in [6, 6.07) is 12.0. The van der Waals surface area contributed by atoms with Crippen molar-refractivity contribution in [3.8, 4) is 11.5 Å². The van der Waals surface area contributed by atoms with Gasteiger partial charge in [-0.25, -0.2) is 9.59 Å². The first-order valence-electron chi connectivity index (χ1n) is 9.57. The molecule has 0 radical (unpaired) electrons. The number of carbonyl (C=O) groups excluding carboxylic acids is 3. The van der Waals surface area contributed by atoms with Gasteiger partial charge >= 0.3 is 12.1 Å². The van der Waals surface area contributed by atoms with Gasteiger partial charge in [0, 0.05) is 5.56 Å². The number of hydrogen-bond acceptors (Lipinski definition) is 7. The second kappa shape index (κ2) is 9.84. The zero-order valence-electron chi connectivity index (χ0n) is 17.5. The minimum atomic E-state index is -0.690. The number of carbonyl (C=O) groups is 3. The van der Waals surface area contributed by atoms with Crippen molar-refractivity contribution in [2.24, 2.45) is 0 Å². The van der Waals surface area contributed by atoms with Gasteiger partial charge in [0.15, 0.2) is 5.75 Å². The molecule has 1 atom stereocenters. The number of anilines is 1. The monoisotopic (exact) mass is 428 g/mol. The van der Waals surface area contributed by atoms with E-state index in [2.05, 4.69) is 5.32 Å². The van der Waals surface area contributed by atoms with Crippen LogP contribution in [0.25, 0.3) is 0 Å². The van der Waals surface area contributed by atoms with Crippen molar-refractivity contribution in [3.63, 3.8) is 0 Å². The van der Waals surface area contributed by atoms with Crippen LogP contribution in [-0.4, -0.2) is 50.2 Å². The highest BCUT2D eigenvalue weighted by Gasteiger charge is 2.42. The van der Waals surface area contributed by atoms with Crippen molar-refractivity contribution in [3.05, 3.63) is 53.6 Å². The summed E-state index contributed by atoms with van der Waals surface area (Å²) in [5.41, 5.74) is 1.70. The lowest BCUT2D eigenvalue weighted by Crippen LogP contribution is -2.56. The summed E-state index contributed by atoms with van der Waals surface area (Å²) in [6.45, 7) is 0.208. The maximum absolute atomic E-state index is 12.4. The van der Waals surface area contributed by atoms with Crippen LogP contribution in [0, 0.1) is 0 Å². The highest BCUT2D eigenvalue weighted by atomic mass is 16.5. The molecule has 0 aromatic heterocycles. The van der Waals surface area contributed by atoms with E-state index in [4.69, 9.17) is 18.9 Å². The smallest absolute Gasteiger partial charge is 0.412 e. The largest absolute Gasteiger partial charge is 0.494 e. The fourth-order valence-corrected chi connectivity index (χ4v) is 3.30. The summed E-state index contributed by atoms with van der Waals surface area (Å²) in [4.78, 5) is 37.7. The molecule has 0 bridgehead atoms.